The Labute approximate surface area is 65.1 Å². The average Bonchev–Trinajstić information content (AvgIpc) is 2.20. The van der Waals surface area contributed by atoms with Crippen LogP contribution in [0.25, 0.3) is 0 Å². The highest BCUT2D eigenvalue weighted by atomic mass is 32.1. The summed E-state index contributed by atoms with van der Waals surface area (Å²) in [5.74, 6) is 1.77. The molecule has 0 bridgehead atoms. The van der Waals surface area contributed by atoms with E-state index in [2.05, 4.69) is 27.8 Å². The first-order valence-corrected chi connectivity index (χ1v) is 3.36. The summed E-state index contributed by atoms with van der Waals surface area (Å²) in [6, 6.07) is 0. The first-order chi connectivity index (χ1) is 4.75. The molecule has 1 rings (SSSR count). The van der Waals surface area contributed by atoms with Crippen molar-refractivity contribution in [1.29, 1.82) is 0 Å². The molecule has 0 N–H and O–H groups in total. The van der Waals surface area contributed by atoms with Gasteiger partial charge in [0.05, 0.1) is 0 Å². The summed E-state index contributed by atoms with van der Waals surface area (Å²) in [7, 11) is 1.91. The Balaban J connectivity index is 2.93. The number of nitrogens with zero attached hydrogens (tertiary/aromatic N) is 3. The van der Waals surface area contributed by atoms with Crippen molar-refractivity contribution in [2.45, 2.75) is 13.3 Å². The van der Waals surface area contributed by atoms with Gasteiger partial charge in [0.15, 0.2) is 0 Å². The van der Waals surface area contributed by atoms with Gasteiger partial charge >= 0.3 is 0 Å². The molecule has 0 aliphatic carbocycles. The third-order valence-electron chi connectivity index (χ3n) is 1.41. The Morgan fingerprint density at radius 2 is 2.30 bits per heavy atom. The summed E-state index contributed by atoms with van der Waals surface area (Å²) in [5.41, 5.74) is 0. The lowest BCUT2D eigenvalue weighted by Gasteiger charge is -1.94. The summed E-state index contributed by atoms with van der Waals surface area (Å²) < 4.78 is 1.90. The van der Waals surface area contributed by atoms with Gasteiger partial charge in [0, 0.05) is 18.8 Å². The van der Waals surface area contributed by atoms with Gasteiger partial charge in [-0.25, -0.2) is 0 Å². The van der Waals surface area contributed by atoms with E-state index in [0.717, 1.165) is 11.6 Å². The normalized spacial score (nSPS) is 9.80. The minimum atomic E-state index is 0.590. The van der Waals surface area contributed by atoms with Gasteiger partial charge < -0.3 is 4.57 Å². The Bertz CT molecular complexity index is 241. The zero-order chi connectivity index (χ0) is 7.56. The van der Waals surface area contributed by atoms with E-state index in [1.807, 2.05) is 18.5 Å². The van der Waals surface area contributed by atoms with E-state index >= 15 is 0 Å². The van der Waals surface area contributed by atoms with E-state index < -0.39 is 0 Å². The minimum Gasteiger partial charge on any atom is -0.318 e. The zero-order valence-corrected chi connectivity index (χ0v) is 6.77. The molecule has 0 unspecified atom stereocenters. The first kappa shape index (κ1) is 7.34. The number of aryl methyl sites for hydroxylation is 1. The number of hydrogen-bond acceptors (Lipinski definition) is 3. The lowest BCUT2D eigenvalue weighted by Crippen LogP contribution is -1.99. The molecule has 0 aliphatic rings. The van der Waals surface area contributed by atoms with E-state index in [4.69, 9.17) is 0 Å². The lowest BCUT2D eigenvalue weighted by atomic mass is 10.4. The van der Waals surface area contributed by atoms with Crippen molar-refractivity contribution in [3.05, 3.63) is 11.6 Å². The zero-order valence-electron chi connectivity index (χ0n) is 5.96. The van der Waals surface area contributed by atoms with Crippen LogP contribution in [-0.2, 0) is 13.5 Å². The van der Waals surface area contributed by atoms with E-state index in [1.165, 1.54) is 0 Å². The lowest BCUT2D eigenvalue weighted by molar-refractivity contribution is 0.813. The Hall–Kier alpha value is -0.770. The van der Waals surface area contributed by atoms with Crippen LogP contribution >= 0.6 is 12.2 Å². The molecule has 0 atom stereocenters. The monoisotopic (exact) mass is 154 g/mol. The fourth-order valence-electron chi connectivity index (χ4n) is 0.670. The topological polar surface area (TPSA) is 30.7 Å². The van der Waals surface area contributed by atoms with Crippen molar-refractivity contribution < 1.29 is 0 Å². The van der Waals surface area contributed by atoms with Crippen LogP contribution in [0.3, 0.4) is 0 Å². The molecule has 1 radical (unpaired) electrons. The second-order valence-corrected chi connectivity index (χ2v) is 2.33. The van der Waals surface area contributed by atoms with Crippen molar-refractivity contribution in [2.75, 3.05) is 0 Å². The molecular weight excluding hydrogens is 146 g/mol. The number of rotatable bonds is 2. The van der Waals surface area contributed by atoms with Crippen LogP contribution in [-0.4, -0.2) is 20.1 Å². The van der Waals surface area contributed by atoms with Gasteiger partial charge in [0.25, 0.3) is 0 Å². The standard InChI is InChI=1S/C6H8N3S/c1-5-7-8-6(3-4-10)9(5)2/h3H2,1-2H3. The van der Waals surface area contributed by atoms with Crippen molar-refractivity contribution in [3.63, 3.8) is 0 Å². The molecule has 1 aromatic rings. The fraction of sp³-hybridized carbons (Fsp3) is 0.500. The molecule has 3 nitrogen and oxygen atoms in total. The molecule has 0 saturated heterocycles. The van der Waals surface area contributed by atoms with Crippen LogP contribution < -0.4 is 0 Å². The number of hydrogen-bond donors (Lipinski definition) is 0. The highest BCUT2D eigenvalue weighted by molar-refractivity contribution is 7.78. The third kappa shape index (κ3) is 1.21. The fourth-order valence-corrected chi connectivity index (χ4v) is 0.799. The molecule has 0 spiro atoms. The van der Waals surface area contributed by atoms with E-state index in [9.17, 15) is 0 Å². The Kier molecular flexibility index (Phi) is 2.11. The third-order valence-corrected chi connectivity index (χ3v) is 1.56. The van der Waals surface area contributed by atoms with Gasteiger partial charge in [-0.05, 0) is 6.92 Å². The molecule has 0 amide bonds. The quantitative estimate of drug-likeness (QED) is 0.583. The molecule has 4 heteroatoms. The average molecular weight is 154 g/mol. The van der Waals surface area contributed by atoms with Gasteiger partial charge in [0.2, 0.25) is 0 Å². The van der Waals surface area contributed by atoms with Gasteiger partial charge in [-0.3, -0.25) is 0 Å². The molecule has 0 aromatic carbocycles. The maximum Gasteiger partial charge on any atom is 0.138 e. The summed E-state index contributed by atoms with van der Waals surface area (Å²) in [6.45, 7) is 1.90. The van der Waals surface area contributed by atoms with Gasteiger partial charge in [-0.1, -0.05) is 12.2 Å². The molecular formula is C6H8N3S. The largest absolute Gasteiger partial charge is 0.318 e. The van der Waals surface area contributed by atoms with Crippen LogP contribution in [0.2, 0.25) is 0 Å². The van der Waals surface area contributed by atoms with Crippen LogP contribution in [0.5, 0.6) is 0 Å². The molecule has 0 fully saturated rings. The predicted molar refractivity (Wildman–Crippen MR) is 42.0 cm³/mol. The molecule has 10 heavy (non-hydrogen) atoms. The Morgan fingerprint density at radius 1 is 1.60 bits per heavy atom. The summed E-state index contributed by atoms with van der Waals surface area (Å²) >= 11 is 4.57. The highest BCUT2D eigenvalue weighted by Crippen LogP contribution is 1.96. The molecule has 0 saturated carbocycles. The van der Waals surface area contributed by atoms with E-state index in [1.54, 1.807) is 0 Å². The van der Waals surface area contributed by atoms with Crippen LogP contribution in [0.4, 0.5) is 0 Å². The summed E-state index contributed by atoms with van der Waals surface area (Å²) in [5, 5.41) is 10.3. The van der Waals surface area contributed by atoms with Crippen molar-refractivity contribution in [1.82, 2.24) is 14.8 Å². The Morgan fingerprint density at radius 3 is 2.70 bits per heavy atom. The summed E-state index contributed by atoms with van der Waals surface area (Å²) in [6.07, 6.45) is 0.590. The van der Waals surface area contributed by atoms with E-state index in [-0.39, 0.29) is 0 Å². The summed E-state index contributed by atoms with van der Waals surface area (Å²) in [4.78, 5) is 0. The smallest absolute Gasteiger partial charge is 0.138 e. The van der Waals surface area contributed by atoms with Crippen molar-refractivity contribution in [3.8, 4) is 0 Å². The van der Waals surface area contributed by atoms with Gasteiger partial charge in [-0.2, -0.15) is 0 Å². The first-order valence-electron chi connectivity index (χ1n) is 2.95. The van der Waals surface area contributed by atoms with Crippen LogP contribution in [0, 0.1) is 6.92 Å². The van der Waals surface area contributed by atoms with Gasteiger partial charge in [0.1, 0.15) is 11.6 Å². The van der Waals surface area contributed by atoms with Crippen LogP contribution in [0.15, 0.2) is 0 Å². The number of thiocarbonyl (C=S) groups is 1. The van der Waals surface area contributed by atoms with Gasteiger partial charge in [-0.15, -0.1) is 10.2 Å². The SMILES string of the molecule is Cc1nnc(C[C]=S)n1C. The molecule has 1 aromatic heterocycles. The molecule has 0 aliphatic heterocycles. The van der Waals surface area contributed by atoms with Crippen molar-refractivity contribution >= 4 is 17.6 Å². The highest BCUT2D eigenvalue weighted by Gasteiger charge is 2.01. The van der Waals surface area contributed by atoms with E-state index in [0.29, 0.717) is 6.42 Å². The maximum absolute atomic E-state index is 4.57. The predicted octanol–water partition coefficient (Wildman–Crippen LogP) is 0.543. The maximum atomic E-state index is 4.57. The second-order valence-electron chi connectivity index (χ2n) is 2.04. The minimum absolute atomic E-state index is 0.590. The molecule has 1 heterocycles. The molecule has 53 valence electrons. The number of aromatic nitrogens is 3. The van der Waals surface area contributed by atoms with Crippen LogP contribution in [0.1, 0.15) is 11.6 Å². The van der Waals surface area contributed by atoms with Crippen molar-refractivity contribution in [2.24, 2.45) is 7.05 Å². The second kappa shape index (κ2) is 2.88.